The molecule has 1 aliphatic heterocycles. The Morgan fingerprint density at radius 3 is 2.91 bits per heavy atom. The monoisotopic (exact) mass is 338 g/mol. The van der Waals surface area contributed by atoms with Gasteiger partial charge in [-0.15, -0.1) is 0 Å². The van der Waals surface area contributed by atoms with Crippen LogP contribution in [0.3, 0.4) is 0 Å². The molecule has 0 spiro atoms. The number of nitrogens with one attached hydrogen (secondary N) is 3. The summed E-state index contributed by atoms with van der Waals surface area (Å²) in [7, 11) is -3.60. The third-order valence-corrected chi connectivity index (χ3v) is 5.21. The highest BCUT2D eigenvalue weighted by Crippen LogP contribution is 2.22. The van der Waals surface area contributed by atoms with Gasteiger partial charge in [-0.05, 0) is 25.3 Å². The molecule has 0 aromatic carbocycles. The number of piperidine rings is 1. The maximum atomic E-state index is 12.2. The number of anilines is 1. The van der Waals surface area contributed by atoms with Crippen LogP contribution < -0.4 is 15.2 Å². The molecule has 3 rings (SSSR count). The van der Waals surface area contributed by atoms with E-state index in [1.807, 2.05) is 4.90 Å². The molecule has 0 amide bonds. The van der Waals surface area contributed by atoms with Crippen LogP contribution in [-0.4, -0.2) is 47.7 Å². The fraction of sp³-hybridized carbons (Fsp3) is 0.462. The molecule has 2 aromatic heterocycles. The minimum absolute atomic E-state index is 0.0140. The molecular weight excluding hydrogens is 320 g/mol. The second kappa shape index (κ2) is 6.50. The zero-order chi connectivity index (χ0) is 16.3. The first-order valence-electron chi connectivity index (χ1n) is 7.37. The lowest BCUT2D eigenvalue weighted by Crippen LogP contribution is -2.47. The van der Waals surface area contributed by atoms with Crippen LogP contribution in [0.4, 0.5) is 5.82 Å². The van der Waals surface area contributed by atoms with E-state index in [0.717, 1.165) is 25.8 Å². The van der Waals surface area contributed by atoms with Crippen LogP contribution in [0.25, 0.3) is 0 Å². The molecule has 1 aliphatic rings. The molecule has 1 saturated heterocycles. The number of aromatic nitrogens is 4. The number of hydrogen-bond donors (Lipinski definition) is 3. The first-order valence-corrected chi connectivity index (χ1v) is 8.85. The minimum Gasteiger partial charge on any atom is -0.351 e. The van der Waals surface area contributed by atoms with Gasteiger partial charge in [0.2, 0.25) is 0 Å². The molecule has 1 atom stereocenters. The highest BCUT2D eigenvalue weighted by atomic mass is 32.2. The number of aromatic amines is 2. The molecule has 0 aliphatic carbocycles. The maximum Gasteiger partial charge on any atom is 0.264 e. The van der Waals surface area contributed by atoms with Crippen LogP contribution in [0, 0.1) is 0 Å². The lowest BCUT2D eigenvalue weighted by molar-refractivity contribution is 0.448. The van der Waals surface area contributed by atoms with Gasteiger partial charge < -0.3 is 9.88 Å². The first-order chi connectivity index (χ1) is 11.1. The molecule has 0 saturated carbocycles. The van der Waals surface area contributed by atoms with Gasteiger partial charge in [0.25, 0.3) is 15.6 Å². The van der Waals surface area contributed by atoms with Crippen LogP contribution in [0.5, 0.6) is 0 Å². The second-order valence-electron chi connectivity index (χ2n) is 5.39. The first kappa shape index (κ1) is 15.7. The standard InChI is InChI=1S/C13H18N6O3S/c20-12-5-4-11(17-18-12)19-6-2-1-3-10(19)7-16-23(21,22)13-8-14-9-15-13/h4-5,8-10,16H,1-3,6-7H2,(H,14,15)(H,18,20). The molecule has 10 heteroatoms. The van der Waals surface area contributed by atoms with Crippen molar-refractivity contribution < 1.29 is 8.42 Å². The third-order valence-electron chi connectivity index (χ3n) is 3.86. The molecule has 3 N–H and O–H groups in total. The minimum atomic E-state index is -3.60. The van der Waals surface area contributed by atoms with Crippen LogP contribution in [0.1, 0.15) is 19.3 Å². The molecule has 23 heavy (non-hydrogen) atoms. The van der Waals surface area contributed by atoms with E-state index in [0.29, 0.717) is 5.82 Å². The number of rotatable bonds is 5. The number of nitrogens with zero attached hydrogens (tertiary/aromatic N) is 3. The van der Waals surface area contributed by atoms with E-state index in [9.17, 15) is 13.2 Å². The quantitative estimate of drug-likeness (QED) is 0.695. The predicted octanol–water partition coefficient (Wildman–Crippen LogP) is -0.170. The molecule has 2 aromatic rings. The van der Waals surface area contributed by atoms with Crippen molar-refractivity contribution in [3.05, 3.63) is 35.0 Å². The van der Waals surface area contributed by atoms with Crippen molar-refractivity contribution in [1.29, 1.82) is 0 Å². The largest absolute Gasteiger partial charge is 0.351 e. The van der Waals surface area contributed by atoms with E-state index < -0.39 is 10.0 Å². The van der Waals surface area contributed by atoms with Gasteiger partial charge in [-0.1, -0.05) is 0 Å². The summed E-state index contributed by atoms with van der Waals surface area (Å²) < 4.78 is 26.9. The van der Waals surface area contributed by atoms with Gasteiger partial charge >= 0.3 is 0 Å². The summed E-state index contributed by atoms with van der Waals surface area (Å²) >= 11 is 0. The topological polar surface area (TPSA) is 124 Å². The normalized spacial score (nSPS) is 19.0. The summed E-state index contributed by atoms with van der Waals surface area (Å²) in [5, 5.41) is 6.50. The van der Waals surface area contributed by atoms with Gasteiger partial charge in [0.15, 0.2) is 5.03 Å². The number of sulfonamides is 1. The Morgan fingerprint density at radius 1 is 1.35 bits per heavy atom. The Balaban J connectivity index is 1.72. The van der Waals surface area contributed by atoms with Gasteiger partial charge in [0.05, 0.1) is 12.5 Å². The zero-order valence-corrected chi connectivity index (χ0v) is 13.2. The molecule has 124 valence electrons. The van der Waals surface area contributed by atoms with Crippen molar-refractivity contribution in [3.8, 4) is 0 Å². The highest BCUT2D eigenvalue weighted by molar-refractivity contribution is 7.89. The number of hydrogen-bond acceptors (Lipinski definition) is 6. The van der Waals surface area contributed by atoms with Crippen LogP contribution >= 0.6 is 0 Å². The van der Waals surface area contributed by atoms with Crippen molar-refractivity contribution in [2.24, 2.45) is 0 Å². The fourth-order valence-electron chi connectivity index (χ4n) is 2.69. The fourth-order valence-corrected chi connectivity index (χ4v) is 3.66. The van der Waals surface area contributed by atoms with Gasteiger partial charge in [0.1, 0.15) is 5.82 Å². The number of H-pyrrole nitrogens is 2. The molecule has 1 unspecified atom stereocenters. The summed E-state index contributed by atoms with van der Waals surface area (Å²) in [5.74, 6) is 0.648. The summed E-state index contributed by atoms with van der Waals surface area (Å²) in [5.41, 5.74) is -0.262. The van der Waals surface area contributed by atoms with Crippen LogP contribution in [-0.2, 0) is 10.0 Å². The summed E-state index contributed by atoms with van der Waals surface area (Å²) in [6, 6.07) is 3.06. The van der Waals surface area contributed by atoms with E-state index in [4.69, 9.17) is 0 Å². The SMILES string of the molecule is O=c1ccc(N2CCCCC2CNS(=O)(=O)c2cnc[nH]2)n[nH]1. The van der Waals surface area contributed by atoms with E-state index in [-0.39, 0.29) is 23.2 Å². The molecule has 0 bridgehead atoms. The average molecular weight is 338 g/mol. The van der Waals surface area contributed by atoms with Gasteiger partial charge in [0, 0.05) is 25.2 Å². The van der Waals surface area contributed by atoms with E-state index in [2.05, 4.69) is 24.9 Å². The highest BCUT2D eigenvalue weighted by Gasteiger charge is 2.26. The molecular formula is C13H18N6O3S. The third kappa shape index (κ3) is 3.59. The summed E-state index contributed by atoms with van der Waals surface area (Å²) in [4.78, 5) is 19.5. The van der Waals surface area contributed by atoms with Crippen molar-refractivity contribution in [2.75, 3.05) is 18.0 Å². The summed E-state index contributed by atoms with van der Waals surface area (Å²) in [6.07, 6.45) is 5.48. The van der Waals surface area contributed by atoms with E-state index >= 15 is 0 Å². The lowest BCUT2D eigenvalue weighted by atomic mass is 10.0. The van der Waals surface area contributed by atoms with E-state index in [1.54, 1.807) is 6.07 Å². The molecule has 1 fully saturated rings. The van der Waals surface area contributed by atoms with Crippen molar-refractivity contribution in [3.63, 3.8) is 0 Å². The molecule has 9 nitrogen and oxygen atoms in total. The Labute approximate surface area is 133 Å². The van der Waals surface area contributed by atoms with Gasteiger partial charge in [-0.3, -0.25) is 4.79 Å². The van der Waals surface area contributed by atoms with Crippen molar-refractivity contribution in [2.45, 2.75) is 30.3 Å². The molecule has 3 heterocycles. The zero-order valence-electron chi connectivity index (χ0n) is 12.4. The van der Waals surface area contributed by atoms with Gasteiger partial charge in [-0.25, -0.2) is 23.2 Å². The smallest absolute Gasteiger partial charge is 0.264 e. The second-order valence-corrected chi connectivity index (χ2v) is 7.13. The van der Waals surface area contributed by atoms with Crippen LogP contribution in [0.2, 0.25) is 0 Å². The number of imidazole rings is 1. The average Bonchev–Trinajstić information content (AvgIpc) is 3.10. The Morgan fingerprint density at radius 2 is 2.22 bits per heavy atom. The Kier molecular flexibility index (Phi) is 4.44. The predicted molar refractivity (Wildman–Crippen MR) is 83.6 cm³/mol. The van der Waals surface area contributed by atoms with Crippen LogP contribution in [0.15, 0.2) is 34.5 Å². The summed E-state index contributed by atoms with van der Waals surface area (Å²) in [6.45, 7) is 1.04. The van der Waals surface area contributed by atoms with Gasteiger partial charge in [-0.2, -0.15) is 5.10 Å². The molecule has 0 radical (unpaired) electrons. The van der Waals surface area contributed by atoms with Crippen molar-refractivity contribution in [1.82, 2.24) is 24.9 Å². The Bertz CT molecular complexity index is 781. The Hall–Kier alpha value is -2.20. The maximum absolute atomic E-state index is 12.2. The van der Waals surface area contributed by atoms with E-state index in [1.165, 1.54) is 18.6 Å². The van der Waals surface area contributed by atoms with Crippen molar-refractivity contribution >= 4 is 15.8 Å². The lowest BCUT2D eigenvalue weighted by Gasteiger charge is -2.36.